The van der Waals surface area contributed by atoms with Gasteiger partial charge in [-0.25, -0.2) is 9.48 Å². The Kier molecular flexibility index (Phi) is 2.25. The third-order valence-corrected chi connectivity index (χ3v) is 3.15. The maximum Gasteiger partial charge on any atom is 0.328 e. The lowest BCUT2D eigenvalue weighted by atomic mass is 10.3. The molecule has 0 spiro atoms. The zero-order valence-electron chi connectivity index (χ0n) is 10.3. The number of furan rings is 1. The highest BCUT2D eigenvalue weighted by Gasteiger charge is 2.20. The van der Waals surface area contributed by atoms with Gasteiger partial charge in [0.15, 0.2) is 11.6 Å². The Morgan fingerprint density at radius 2 is 2.21 bits per heavy atom. The fourth-order valence-electron chi connectivity index (χ4n) is 2.16. The molecule has 1 N–H and O–H groups in total. The maximum absolute atomic E-state index is 12.3. The van der Waals surface area contributed by atoms with Crippen molar-refractivity contribution < 1.29 is 14.3 Å². The van der Waals surface area contributed by atoms with Crippen LogP contribution in [0.1, 0.15) is 18.8 Å². The van der Waals surface area contributed by atoms with Crippen LogP contribution in [0.5, 0.6) is 0 Å². The van der Waals surface area contributed by atoms with E-state index in [0.29, 0.717) is 16.9 Å². The lowest BCUT2D eigenvalue weighted by molar-refractivity contribution is -0.140. The smallest absolute Gasteiger partial charge is 0.328 e. The van der Waals surface area contributed by atoms with Gasteiger partial charge in [-0.3, -0.25) is 9.20 Å². The molecule has 0 aliphatic heterocycles. The zero-order valence-corrected chi connectivity index (χ0v) is 10.3. The van der Waals surface area contributed by atoms with Gasteiger partial charge in [0.1, 0.15) is 11.3 Å². The molecular formula is C12H11N3O4. The van der Waals surface area contributed by atoms with Gasteiger partial charge in [-0.1, -0.05) is 0 Å². The first-order valence-corrected chi connectivity index (χ1v) is 5.71. The van der Waals surface area contributed by atoms with Crippen LogP contribution in [0.15, 0.2) is 27.6 Å². The van der Waals surface area contributed by atoms with Crippen LogP contribution in [-0.2, 0) is 4.79 Å². The van der Waals surface area contributed by atoms with Crippen LogP contribution in [-0.4, -0.2) is 25.3 Å². The number of nitrogens with zero attached hydrogens (tertiary/aromatic N) is 3. The minimum Gasteiger partial charge on any atom is -0.480 e. The Labute approximate surface area is 106 Å². The van der Waals surface area contributed by atoms with Crippen molar-refractivity contribution in [1.82, 2.24) is 14.2 Å². The van der Waals surface area contributed by atoms with Crippen LogP contribution in [0.2, 0.25) is 0 Å². The Hall–Kier alpha value is -2.57. The summed E-state index contributed by atoms with van der Waals surface area (Å²) in [5, 5.41) is 13.1. The van der Waals surface area contributed by atoms with Crippen molar-refractivity contribution in [2.75, 3.05) is 0 Å². The average molecular weight is 261 g/mol. The lowest BCUT2D eigenvalue weighted by Crippen LogP contribution is -2.32. The molecule has 0 radical (unpaired) electrons. The monoisotopic (exact) mass is 261 g/mol. The Balaban J connectivity index is 2.43. The summed E-state index contributed by atoms with van der Waals surface area (Å²) in [6.07, 6.45) is 1.53. The number of hydrogen-bond donors (Lipinski definition) is 1. The molecule has 0 aliphatic carbocycles. The fraction of sp³-hybridized carbons (Fsp3) is 0.250. The number of aryl methyl sites for hydroxylation is 1. The van der Waals surface area contributed by atoms with Crippen molar-refractivity contribution in [3.63, 3.8) is 0 Å². The van der Waals surface area contributed by atoms with E-state index in [9.17, 15) is 9.59 Å². The van der Waals surface area contributed by atoms with Crippen molar-refractivity contribution in [1.29, 1.82) is 0 Å². The number of aliphatic carboxylic acids is 1. The number of carboxylic acids is 1. The lowest BCUT2D eigenvalue weighted by Gasteiger charge is -2.11. The van der Waals surface area contributed by atoms with Gasteiger partial charge in [0.05, 0.1) is 11.8 Å². The van der Waals surface area contributed by atoms with E-state index in [4.69, 9.17) is 9.52 Å². The molecule has 0 fully saturated rings. The van der Waals surface area contributed by atoms with Crippen molar-refractivity contribution >= 4 is 22.6 Å². The van der Waals surface area contributed by atoms with Crippen LogP contribution < -0.4 is 5.56 Å². The van der Waals surface area contributed by atoms with E-state index < -0.39 is 17.6 Å². The first kappa shape index (κ1) is 11.5. The third kappa shape index (κ3) is 1.48. The van der Waals surface area contributed by atoms with Gasteiger partial charge in [0.2, 0.25) is 0 Å². The number of hydrogen-bond acceptors (Lipinski definition) is 4. The molecule has 3 aromatic rings. The molecule has 3 heterocycles. The van der Waals surface area contributed by atoms with E-state index in [1.807, 2.05) is 0 Å². The predicted octanol–water partition coefficient (Wildman–Crippen LogP) is 1.20. The molecule has 7 heteroatoms. The third-order valence-electron chi connectivity index (χ3n) is 3.15. The van der Waals surface area contributed by atoms with Gasteiger partial charge in [-0.2, -0.15) is 5.10 Å². The molecule has 7 nitrogen and oxygen atoms in total. The topological polar surface area (TPSA) is 89.7 Å². The minimum atomic E-state index is -1.10. The second kappa shape index (κ2) is 3.71. The van der Waals surface area contributed by atoms with E-state index in [1.165, 1.54) is 13.2 Å². The quantitative estimate of drug-likeness (QED) is 0.748. The highest BCUT2D eigenvalue weighted by atomic mass is 16.4. The van der Waals surface area contributed by atoms with Crippen LogP contribution in [0.3, 0.4) is 0 Å². The van der Waals surface area contributed by atoms with E-state index in [0.717, 1.165) is 10.2 Å². The molecule has 3 aromatic heterocycles. The molecule has 0 aliphatic rings. The molecule has 0 saturated heterocycles. The Bertz CT molecular complexity index is 855. The number of fused-ring (bicyclic) bond motifs is 3. The number of carbonyl (C=O) groups is 1. The van der Waals surface area contributed by atoms with Gasteiger partial charge in [0, 0.05) is 12.1 Å². The van der Waals surface area contributed by atoms with Gasteiger partial charge in [0.25, 0.3) is 5.56 Å². The molecule has 0 unspecified atom stereocenters. The summed E-state index contributed by atoms with van der Waals surface area (Å²) < 4.78 is 7.88. The van der Waals surface area contributed by atoms with Gasteiger partial charge in [-0.15, -0.1) is 0 Å². The Morgan fingerprint density at radius 1 is 1.47 bits per heavy atom. The molecule has 19 heavy (non-hydrogen) atoms. The van der Waals surface area contributed by atoms with Crippen LogP contribution >= 0.6 is 0 Å². The first-order chi connectivity index (χ1) is 9.00. The number of rotatable bonds is 2. The van der Waals surface area contributed by atoms with Gasteiger partial charge >= 0.3 is 5.97 Å². The van der Waals surface area contributed by atoms with Crippen LogP contribution in [0.4, 0.5) is 0 Å². The summed E-state index contributed by atoms with van der Waals surface area (Å²) in [4.78, 5) is 23.3. The molecule has 0 aromatic carbocycles. The Morgan fingerprint density at radius 3 is 2.89 bits per heavy atom. The SMILES string of the molecule is Cc1nn([C@H](C)C(=O)O)c(=O)c2cc3occc3n12. The molecule has 0 amide bonds. The molecule has 98 valence electrons. The summed E-state index contributed by atoms with van der Waals surface area (Å²) in [6, 6.07) is 2.32. The maximum atomic E-state index is 12.3. The fourth-order valence-corrected chi connectivity index (χ4v) is 2.16. The van der Waals surface area contributed by atoms with E-state index >= 15 is 0 Å². The molecule has 1 atom stereocenters. The van der Waals surface area contributed by atoms with Crippen molar-refractivity contribution in [2.45, 2.75) is 19.9 Å². The second-order valence-electron chi connectivity index (χ2n) is 4.35. The number of aromatic nitrogens is 3. The van der Waals surface area contributed by atoms with Crippen LogP contribution in [0.25, 0.3) is 16.6 Å². The summed E-state index contributed by atoms with van der Waals surface area (Å²) in [7, 11) is 0. The molecule has 0 saturated carbocycles. The highest BCUT2D eigenvalue weighted by molar-refractivity contribution is 5.82. The largest absolute Gasteiger partial charge is 0.480 e. The number of carboxylic acid groups (broad SMARTS) is 1. The summed E-state index contributed by atoms with van der Waals surface area (Å²) in [5.74, 6) is -0.576. The minimum absolute atomic E-state index is 0.356. The first-order valence-electron chi connectivity index (χ1n) is 5.71. The van der Waals surface area contributed by atoms with E-state index in [1.54, 1.807) is 23.5 Å². The molecule has 3 rings (SSSR count). The normalized spacial score (nSPS) is 13.2. The van der Waals surface area contributed by atoms with Crippen molar-refractivity contribution in [3.05, 3.63) is 34.6 Å². The molecular weight excluding hydrogens is 250 g/mol. The summed E-state index contributed by atoms with van der Waals surface area (Å²) in [5.41, 5.74) is 1.22. The van der Waals surface area contributed by atoms with Crippen molar-refractivity contribution in [2.24, 2.45) is 0 Å². The van der Waals surface area contributed by atoms with E-state index in [-0.39, 0.29) is 0 Å². The van der Waals surface area contributed by atoms with Crippen molar-refractivity contribution in [3.8, 4) is 0 Å². The summed E-state index contributed by atoms with van der Waals surface area (Å²) >= 11 is 0. The standard InChI is InChI=1S/C12H11N3O4/c1-6(12(17)18)15-11(16)9-5-10-8(3-4-19-10)14(9)7(2)13-15/h3-6H,1-2H3,(H,17,18)/t6-/m1/s1. The molecule has 0 bridgehead atoms. The zero-order chi connectivity index (χ0) is 13.7. The predicted molar refractivity (Wildman–Crippen MR) is 66.3 cm³/mol. The van der Waals surface area contributed by atoms with E-state index in [2.05, 4.69) is 5.10 Å². The summed E-state index contributed by atoms with van der Waals surface area (Å²) in [6.45, 7) is 3.13. The highest BCUT2D eigenvalue weighted by Crippen LogP contribution is 2.20. The van der Waals surface area contributed by atoms with Gasteiger partial charge < -0.3 is 9.52 Å². The second-order valence-corrected chi connectivity index (χ2v) is 4.35. The van der Waals surface area contributed by atoms with Crippen LogP contribution in [0, 0.1) is 6.92 Å². The van der Waals surface area contributed by atoms with Gasteiger partial charge in [-0.05, 0) is 13.8 Å². The average Bonchev–Trinajstić information content (AvgIpc) is 2.92.